The number of benzene rings is 1. The Balaban J connectivity index is 2.23. The van der Waals surface area contributed by atoms with Gasteiger partial charge in [-0.1, -0.05) is 12.1 Å². The fraction of sp³-hybridized carbons (Fsp3) is 0.333. The lowest BCUT2D eigenvalue weighted by molar-refractivity contribution is 0.158. The summed E-state index contributed by atoms with van der Waals surface area (Å²) in [5, 5.41) is 13.1. The van der Waals surface area contributed by atoms with Crippen LogP contribution in [-0.2, 0) is 6.42 Å². The molecule has 0 bridgehead atoms. The first-order valence-electron chi connectivity index (χ1n) is 5.55. The summed E-state index contributed by atoms with van der Waals surface area (Å²) in [6.07, 6.45) is 0.218. The monoisotopic (exact) mass is 254 g/mol. The molecular weight excluding hydrogens is 242 g/mol. The first kappa shape index (κ1) is 12.6. The molecule has 0 saturated carbocycles. The van der Waals surface area contributed by atoms with E-state index >= 15 is 0 Å². The van der Waals surface area contributed by atoms with Gasteiger partial charge in [-0.2, -0.15) is 4.98 Å². The van der Waals surface area contributed by atoms with E-state index in [2.05, 4.69) is 10.1 Å². The summed E-state index contributed by atoms with van der Waals surface area (Å²) in [5.41, 5.74) is 0.202. The Bertz CT molecular complexity index is 522. The molecule has 6 heteroatoms. The Kier molecular flexibility index (Phi) is 3.66. The van der Waals surface area contributed by atoms with E-state index < -0.39 is 17.7 Å². The Labute approximate surface area is 102 Å². The van der Waals surface area contributed by atoms with Crippen LogP contribution in [0.1, 0.15) is 19.2 Å². The largest absolute Gasteiger partial charge is 0.393 e. The van der Waals surface area contributed by atoms with Crippen LogP contribution in [0.25, 0.3) is 11.4 Å². The number of aliphatic hydroxyl groups excluding tert-OH is 1. The molecule has 18 heavy (non-hydrogen) atoms. The molecule has 1 aromatic heterocycles. The van der Waals surface area contributed by atoms with Crippen LogP contribution in [0, 0.1) is 11.6 Å². The highest BCUT2D eigenvalue weighted by atomic mass is 19.1. The van der Waals surface area contributed by atoms with Gasteiger partial charge in [0.05, 0.1) is 12.5 Å². The third-order valence-electron chi connectivity index (χ3n) is 2.47. The predicted octanol–water partition coefficient (Wildman–Crippen LogP) is 2.33. The minimum atomic E-state index is -0.704. The second-order valence-electron chi connectivity index (χ2n) is 3.94. The third-order valence-corrected chi connectivity index (χ3v) is 2.47. The molecule has 0 radical (unpaired) electrons. The molecule has 1 atom stereocenters. The van der Waals surface area contributed by atoms with E-state index in [1.165, 1.54) is 0 Å². The Morgan fingerprint density at radius 3 is 2.56 bits per heavy atom. The fourth-order valence-electron chi connectivity index (χ4n) is 1.48. The molecule has 2 rings (SSSR count). The molecule has 1 aromatic carbocycles. The van der Waals surface area contributed by atoms with Crippen LogP contribution in [0.15, 0.2) is 22.7 Å². The van der Waals surface area contributed by atoms with Gasteiger partial charge in [0.2, 0.25) is 11.7 Å². The van der Waals surface area contributed by atoms with Gasteiger partial charge in [-0.3, -0.25) is 0 Å². The number of halogens is 2. The summed E-state index contributed by atoms with van der Waals surface area (Å²) in [4.78, 5) is 3.98. The van der Waals surface area contributed by atoms with Crippen molar-refractivity contribution in [2.45, 2.75) is 25.9 Å². The van der Waals surface area contributed by atoms with E-state index in [0.29, 0.717) is 6.42 Å². The van der Waals surface area contributed by atoms with Crippen LogP contribution in [0.3, 0.4) is 0 Å². The minimum Gasteiger partial charge on any atom is -0.393 e. The number of rotatable bonds is 4. The molecule has 0 fully saturated rings. The normalized spacial score (nSPS) is 12.7. The van der Waals surface area contributed by atoms with E-state index in [4.69, 9.17) is 4.52 Å². The molecular formula is C12H12F2N2O2. The van der Waals surface area contributed by atoms with Crippen molar-refractivity contribution in [2.24, 2.45) is 0 Å². The minimum absolute atomic E-state index is 0.103. The molecule has 0 aliphatic carbocycles. The van der Waals surface area contributed by atoms with Crippen LogP contribution >= 0.6 is 0 Å². The van der Waals surface area contributed by atoms with Gasteiger partial charge < -0.3 is 9.63 Å². The highest BCUT2D eigenvalue weighted by Crippen LogP contribution is 2.19. The molecule has 2 aromatic rings. The van der Waals surface area contributed by atoms with Crippen molar-refractivity contribution >= 4 is 0 Å². The molecule has 0 spiro atoms. The van der Waals surface area contributed by atoms with Crippen LogP contribution in [0.2, 0.25) is 0 Å². The lowest BCUT2D eigenvalue weighted by Crippen LogP contribution is -2.08. The van der Waals surface area contributed by atoms with Gasteiger partial charge in [0.25, 0.3) is 0 Å². The molecule has 4 nitrogen and oxygen atoms in total. The summed E-state index contributed by atoms with van der Waals surface area (Å²) in [5.74, 6) is -1.06. The van der Waals surface area contributed by atoms with E-state index in [9.17, 15) is 13.9 Å². The second kappa shape index (κ2) is 5.22. The van der Waals surface area contributed by atoms with Crippen LogP contribution in [-0.4, -0.2) is 21.4 Å². The number of nitrogens with zero attached hydrogens (tertiary/aromatic N) is 2. The maximum atomic E-state index is 13.0. The summed E-state index contributed by atoms with van der Waals surface area (Å²) in [6.45, 7) is 1.82. The predicted molar refractivity (Wildman–Crippen MR) is 59.7 cm³/mol. The Hall–Kier alpha value is -1.82. The summed E-state index contributed by atoms with van der Waals surface area (Å²) in [7, 11) is 0. The topological polar surface area (TPSA) is 59.2 Å². The van der Waals surface area contributed by atoms with E-state index in [0.717, 1.165) is 18.2 Å². The lowest BCUT2D eigenvalue weighted by atomic mass is 10.2. The highest BCUT2D eigenvalue weighted by molar-refractivity contribution is 5.54. The summed E-state index contributed by atoms with van der Waals surface area (Å²) >= 11 is 0. The molecule has 1 heterocycles. The zero-order chi connectivity index (χ0) is 13.1. The van der Waals surface area contributed by atoms with Gasteiger partial charge in [-0.05, 0) is 18.6 Å². The number of hydrogen-bond acceptors (Lipinski definition) is 4. The van der Waals surface area contributed by atoms with Gasteiger partial charge >= 0.3 is 0 Å². The van der Waals surface area contributed by atoms with Crippen LogP contribution < -0.4 is 0 Å². The van der Waals surface area contributed by atoms with Crippen molar-refractivity contribution in [3.63, 3.8) is 0 Å². The van der Waals surface area contributed by atoms with Crippen molar-refractivity contribution in [3.8, 4) is 11.4 Å². The molecule has 96 valence electrons. The fourth-order valence-corrected chi connectivity index (χ4v) is 1.48. The number of aliphatic hydroxyl groups is 1. The molecule has 0 aliphatic rings. The van der Waals surface area contributed by atoms with Crippen LogP contribution in [0.4, 0.5) is 8.78 Å². The van der Waals surface area contributed by atoms with Crippen molar-refractivity contribution < 1.29 is 18.4 Å². The van der Waals surface area contributed by atoms with Gasteiger partial charge in [0, 0.05) is 11.6 Å². The maximum Gasteiger partial charge on any atom is 0.229 e. The highest BCUT2D eigenvalue weighted by Gasteiger charge is 2.13. The molecule has 0 aliphatic heterocycles. The molecule has 0 saturated heterocycles. The van der Waals surface area contributed by atoms with Gasteiger partial charge in [0.1, 0.15) is 11.6 Å². The first-order valence-corrected chi connectivity index (χ1v) is 5.55. The lowest BCUT2D eigenvalue weighted by Gasteiger charge is -2.01. The quantitative estimate of drug-likeness (QED) is 0.909. The van der Waals surface area contributed by atoms with Crippen molar-refractivity contribution in [2.75, 3.05) is 0 Å². The number of aromatic nitrogens is 2. The molecule has 0 amide bonds. The molecule has 1 unspecified atom stereocenters. The van der Waals surface area contributed by atoms with Crippen LogP contribution in [0.5, 0.6) is 0 Å². The molecule has 1 N–H and O–H groups in total. The second-order valence-corrected chi connectivity index (χ2v) is 3.94. The standard InChI is InChI=1S/C12H12F2N2O2/c1-2-10(17)6-11-15-12(16-18-11)7-3-8(13)5-9(14)4-7/h3-5,10,17H,2,6H2,1H3. The average Bonchev–Trinajstić information content (AvgIpc) is 2.76. The number of hydrogen-bond donors (Lipinski definition) is 1. The van der Waals surface area contributed by atoms with Gasteiger partial charge in [-0.25, -0.2) is 8.78 Å². The zero-order valence-electron chi connectivity index (χ0n) is 9.73. The van der Waals surface area contributed by atoms with Crippen molar-refractivity contribution in [1.82, 2.24) is 10.1 Å². The Morgan fingerprint density at radius 2 is 1.94 bits per heavy atom. The Morgan fingerprint density at radius 1 is 1.28 bits per heavy atom. The maximum absolute atomic E-state index is 13.0. The SMILES string of the molecule is CCC(O)Cc1nc(-c2cc(F)cc(F)c2)no1. The average molecular weight is 254 g/mol. The van der Waals surface area contributed by atoms with Crippen molar-refractivity contribution in [1.29, 1.82) is 0 Å². The first-order chi connectivity index (χ1) is 8.58. The van der Waals surface area contributed by atoms with Gasteiger partial charge in [0.15, 0.2) is 0 Å². The smallest absolute Gasteiger partial charge is 0.229 e. The van der Waals surface area contributed by atoms with Crippen molar-refractivity contribution in [3.05, 3.63) is 35.7 Å². The summed E-state index contributed by atoms with van der Waals surface area (Å²) < 4.78 is 30.9. The van der Waals surface area contributed by atoms with Gasteiger partial charge in [-0.15, -0.1) is 0 Å². The zero-order valence-corrected chi connectivity index (χ0v) is 9.73. The third kappa shape index (κ3) is 2.89. The van der Waals surface area contributed by atoms with E-state index in [-0.39, 0.29) is 23.7 Å². The van der Waals surface area contributed by atoms with E-state index in [1.54, 1.807) is 0 Å². The van der Waals surface area contributed by atoms with E-state index in [1.807, 2.05) is 6.92 Å². The summed E-state index contributed by atoms with van der Waals surface area (Å²) in [6, 6.07) is 3.01.